The second kappa shape index (κ2) is 10.3. The number of nitrogens with one attached hydrogen (secondary N) is 1. The van der Waals surface area contributed by atoms with Gasteiger partial charge in [0.25, 0.3) is 5.91 Å². The third-order valence-corrected chi connectivity index (χ3v) is 5.11. The maximum Gasteiger partial charge on any atom is 0.414 e. The Labute approximate surface area is 181 Å². The quantitative estimate of drug-likeness (QED) is 0.533. The molecule has 3 rings (SSSR count). The molecule has 9 nitrogen and oxygen atoms in total. The van der Waals surface area contributed by atoms with Crippen LogP contribution in [0.15, 0.2) is 16.5 Å². The normalized spacial score (nSPS) is 18.4. The molecule has 1 aliphatic heterocycles. The smallest absolute Gasteiger partial charge is 0.414 e. The maximum atomic E-state index is 13.1. The highest BCUT2D eigenvalue weighted by Gasteiger charge is 2.37. The summed E-state index contributed by atoms with van der Waals surface area (Å²) in [7, 11) is 1.46. The van der Waals surface area contributed by atoms with Crippen molar-refractivity contribution in [1.29, 1.82) is 0 Å². The average Bonchev–Trinajstić information content (AvgIpc) is 3.16. The van der Waals surface area contributed by atoms with E-state index in [0.717, 1.165) is 6.42 Å². The van der Waals surface area contributed by atoms with Crippen LogP contribution in [0.2, 0.25) is 0 Å². The van der Waals surface area contributed by atoms with Crippen molar-refractivity contribution >= 4 is 28.8 Å². The number of amides is 2. The van der Waals surface area contributed by atoms with Crippen molar-refractivity contribution in [3.05, 3.63) is 23.6 Å². The monoisotopic (exact) mass is 429 g/mol. The zero-order valence-corrected chi connectivity index (χ0v) is 18.0. The lowest BCUT2D eigenvalue weighted by Gasteiger charge is -2.36. The van der Waals surface area contributed by atoms with E-state index in [4.69, 9.17) is 25.1 Å². The summed E-state index contributed by atoms with van der Waals surface area (Å²) in [6.45, 7) is 4.40. The molecule has 1 saturated heterocycles. The number of carbonyl (C=O) groups is 2. The van der Waals surface area contributed by atoms with Crippen molar-refractivity contribution in [2.75, 3.05) is 32.0 Å². The van der Waals surface area contributed by atoms with Crippen molar-refractivity contribution < 1.29 is 28.2 Å². The van der Waals surface area contributed by atoms with Crippen LogP contribution in [0.1, 0.15) is 49.4 Å². The zero-order valence-electron chi connectivity index (χ0n) is 18.0. The lowest BCUT2D eigenvalue weighted by Crippen LogP contribution is -2.47. The van der Waals surface area contributed by atoms with Gasteiger partial charge in [-0.2, -0.15) is 0 Å². The molecule has 0 spiro atoms. The van der Waals surface area contributed by atoms with Crippen LogP contribution in [-0.4, -0.2) is 56.2 Å². The number of carbonyl (C=O) groups excluding carboxylic acids is 2. The zero-order chi connectivity index (χ0) is 22.4. The first-order chi connectivity index (χ1) is 15.0. The van der Waals surface area contributed by atoms with E-state index in [9.17, 15) is 9.59 Å². The molecular formula is C22H27N3O6. The van der Waals surface area contributed by atoms with Crippen LogP contribution in [0.5, 0.6) is 0 Å². The van der Waals surface area contributed by atoms with E-state index < -0.39 is 12.0 Å². The lowest BCUT2D eigenvalue weighted by atomic mass is 9.99. The van der Waals surface area contributed by atoms with Gasteiger partial charge in [-0.1, -0.05) is 12.8 Å². The minimum Gasteiger partial charge on any atom is -0.449 e. The Kier molecular flexibility index (Phi) is 7.50. The van der Waals surface area contributed by atoms with Crippen molar-refractivity contribution in [3.8, 4) is 12.3 Å². The van der Waals surface area contributed by atoms with E-state index in [1.807, 2.05) is 6.92 Å². The Hall–Kier alpha value is -3.09. The highest BCUT2D eigenvalue weighted by atomic mass is 16.6. The summed E-state index contributed by atoms with van der Waals surface area (Å²) in [4.78, 5) is 31.9. The summed E-state index contributed by atoms with van der Waals surface area (Å²) in [6.07, 6.45) is 6.91. The SMILES string of the molecule is C#Cc1ccc2oc(C(=O)NCOC)c(N(C(=O)OCC)[C@@H]3CCO[C@H](CC)C3)c2n1. The minimum atomic E-state index is -0.583. The van der Waals surface area contributed by atoms with Gasteiger partial charge in [-0.05, 0) is 38.3 Å². The van der Waals surface area contributed by atoms with Crippen molar-refractivity contribution in [2.45, 2.75) is 45.3 Å². The summed E-state index contributed by atoms with van der Waals surface area (Å²) in [6, 6.07) is 2.99. The molecule has 0 aliphatic carbocycles. The Balaban J connectivity index is 2.18. The summed E-state index contributed by atoms with van der Waals surface area (Å²) in [5.74, 6) is 1.89. The first-order valence-corrected chi connectivity index (χ1v) is 10.3. The number of ether oxygens (including phenoxy) is 3. The minimum absolute atomic E-state index is 0.00571. The van der Waals surface area contributed by atoms with Crippen molar-refractivity contribution in [1.82, 2.24) is 10.3 Å². The maximum absolute atomic E-state index is 13.1. The lowest BCUT2D eigenvalue weighted by molar-refractivity contribution is 0.00467. The molecule has 0 saturated carbocycles. The number of hydrogen-bond donors (Lipinski definition) is 1. The number of fused-ring (bicyclic) bond motifs is 1. The fraction of sp³-hybridized carbons (Fsp3) is 0.500. The molecule has 2 amide bonds. The fourth-order valence-corrected chi connectivity index (χ4v) is 3.64. The molecule has 0 bridgehead atoms. The van der Waals surface area contributed by atoms with E-state index in [1.165, 1.54) is 12.0 Å². The van der Waals surface area contributed by atoms with Crippen LogP contribution in [0.25, 0.3) is 11.1 Å². The number of hydrogen-bond acceptors (Lipinski definition) is 7. The van der Waals surface area contributed by atoms with Gasteiger partial charge in [0.05, 0.1) is 12.7 Å². The van der Waals surface area contributed by atoms with Crippen LogP contribution < -0.4 is 10.2 Å². The van der Waals surface area contributed by atoms with E-state index in [-0.39, 0.29) is 36.9 Å². The number of furan rings is 1. The van der Waals surface area contributed by atoms with Crippen LogP contribution in [0.4, 0.5) is 10.5 Å². The van der Waals surface area contributed by atoms with Crippen molar-refractivity contribution in [2.24, 2.45) is 0 Å². The van der Waals surface area contributed by atoms with E-state index in [1.54, 1.807) is 19.1 Å². The van der Waals surface area contributed by atoms with E-state index in [2.05, 4.69) is 16.2 Å². The number of terminal acetylenes is 1. The molecular weight excluding hydrogens is 402 g/mol. The standard InChI is InChI=1S/C22H27N3O6/c1-5-14-8-9-17-18(24-14)19(20(31-17)21(26)23-13-28-4)25(22(27)29-7-3)15-10-11-30-16(6-2)12-15/h1,8-9,15-16H,6-7,10-13H2,2-4H3,(H,23,26)/t15-,16-/m1/s1. The van der Waals surface area contributed by atoms with Gasteiger partial charge in [0.1, 0.15) is 23.6 Å². The summed E-state index contributed by atoms with van der Waals surface area (Å²) >= 11 is 0. The van der Waals surface area contributed by atoms with E-state index in [0.29, 0.717) is 36.2 Å². The molecule has 2 aromatic rings. The summed E-state index contributed by atoms with van der Waals surface area (Å²) in [5, 5.41) is 2.60. The summed E-state index contributed by atoms with van der Waals surface area (Å²) in [5.41, 5.74) is 1.26. The highest BCUT2D eigenvalue weighted by Crippen LogP contribution is 2.37. The molecule has 0 unspecified atom stereocenters. The fourth-order valence-electron chi connectivity index (χ4n) is 3.64. The Morgan fingerprint density at radius 1 is 1.39 bits per heavy atom. The van der Waals surface area contributed by atoms with Gasteiger partial charge < -0.3 is 23.9 Å². The Morgan fingerprint density at radius 2 is 2.19 bits per heavy atom. The number of rotatable bonds is 7. The third-order valence-electron chi connectivity index (χ3n) is 5.11. The number of pyridine rings is 1. The molecule has 2 aromatic heterocycles. The average molecular weight is 429 g/mol. The largest absolute Gasteiger partial charge is 0.449 e. The van der Waals surface area contributed by atoms with Gasteiger partial charge in [-0.15, -0.1) is 6.42 Å². The summed E-state index contributed by atoms with van der Waals surface area (Å²) < 4.78 is 21.9. The van der Waals surface area contributed by atoms with Gasteiger partial charge >= 0.3 is 6.09 Å². The molecule has 1 aliphatic rings. The molecule has 9 heteroatoms. The van der Waals surface area contributed by atoms with Gasteiger partial charge in [-0.3, -0.25) is 9.69 Å². The number of anilines is 1. The van der Waals surface area contributed by atoms with Crippen LogP contribution in [-0.2, 0) is 14.2 Å². The highest BCUT2D eigenvalue weighted by molar-refractivity contribution is 6.09. The molecule has 3 heterocycles. The second-order valence-corrected chi connectivity index (χ2v) is 7.05. The van der Waals surface area contributed by atoms with Gasteiger partial charge in [0.15, 0.2) is 5.58 Å². The number of nitrogens with zero attached hydrogens (tertiary/aromatic N) is 2. The topological polar surface area (TPSA) is 103 Å². The molecule has 0 aromatic carbocycles. The molecule has 2 atom stereocenters. The predicted octanol–water partition coefficient (Wildman–Crippen LogP) is 3.06. The van der Waals surface area contributed by atoms with Crippen LogP contribution in [0, 0.1) is 12.3 Å². The molecule has 0 radical (unpaired) electrons. The molecule has 1 N–H and O–H groups in total. The Bertz CT molecular complexity index is 980. The first-order valence-electron chi connectivity index (χ1n) is 10.3. The second-order valence-electron chi connectivity index (χ2n) is 7.05. The predicted molar refractivity (Wildman–Crippen MR) is 114 cm³/mol. The number of aromatic nitrogens is 1. The first kappa shape index (κ1) is 22.6. The van der Waals surface area contributed by atoms with E-state index >= 15 is 0 Å². The molecule has 31 heavy (non-hydrogen) atoms. The Morgan fingerprint density at radius 3 is 2.87 bits per heavy atom. The molecule has 166 valence electrons. The van der Waals surface area contributed by atoms with Crippen LogP contribution >= 0.6 is 0 Å². The van der Waals surface area contributed by atoms with Crippen LogP contribution in [0.3, 0.4) is 0 Å². The van der Waals surface area contributed by atoms with Gasteiger partial charge in [0.2, 0.25) is 5.76 Å². The van der Waals surface area contributed by atoms with Crippen molar-refractivity contribution in [3.63, 3.8) is 0 Å². The third kappa shape index (κ3) is 4.81. The van der Waals surface area contributed by atoms with Gasteiger partial charge in [-0.25, -0.2) is 9.78 Å². The number of methoxy groups -OCH3 is 1. The molecule has 1 fully saturated rings. The van der Waals surface area contributed by atoms with Gasteiger partial charge in [0, 0.05) is 19.8 Å².